The lowest BCUT2D eigenvalue weighted by Crippen LogP contribution is -2.17. The van der Waals surface area contributed by atoms with Gasteiger partial charge in [-0.1, -0.05) is 32.8 Å². The lowest BCUT2D eigenvalue weighted by atomic mass is 10.1. The quantitative estimate of drug-likeness (QED) is 0.820. The Kier molecular flexibility index (Phi) is 6.72. The van der Waals surface area contributed by atoms with Crippen LogP contribution in [0.2, 0.25) is 0 Å². The van der Waals surface area contributed by atoms with Gasteiger partial charge >= 0.3 is 0 Å². The Morgan fingerprint density at radius 3 is 2.44 bits per heavy atom. The summed E-state index contributed by atoms with van der Waals surface area (Å²) in [7, 11) is 0. The SMILES string of the molecule is CCC(CC)COc1ccc(CC(C)N)cc1Br. The molecule has 0 aliphatic heterocycles. The molecule has 0 saturated heterocycles. The summed E-state index contributed by atoms with van der Waals surface area (Å²) in [5.74, 6) is 1.57. The summed E-state index contributed by atoms with van der Waals surface area (Å²) >= 11 is 3.57. The van der Waals surface area contributed by atoms with Crippen LogP contribution in [0.15, 0.2) is 22.7 Å². The molecule has 102 valence electrons. The third-order valence-corrected chi connectivity index (χ3v) is 3.80. The van der Waals surface area contributed by atoms with E-state index in [9.17, 15) is 0 Å². The molecular weight excluding hydrogens is 290 g/mol. The molecule has 2 nitrogen and oxygen atoms in total. The van der Waals surface area contributed by atoms with Crippen LogP contribution < -0.4 is 10.5 Å². The Morgan fingerprint density at radius 1 is 1.28 bits per heavy atom. The lowest BCUT2D eigenvalue weighted by molar-refractivity contribution is 0.239. The summed E-state index contributed by atoms with van der Waals surface area (Å²) in [5.41, 5.74) is 7.04. The molecule has 0 heterocycles. The van der Waals surface area contributed by atoms with Gasteiger partial charge in [-0.3, -0.25) is 0 Å². The molecule has 0 aliphatic carbocycles. The zero-order chi connectivity index (χ0) is 13.5. The van der Waals surface area contributed by atoms with E-state index >= 15 is 0 Å². The molecule has 1 rings (SSSR count). The number of nitrogens with two attached hydrogens (primary N) is 1. The molecule has 1 unspecified atom stereocenters. The molecule has 0 spiro atoms. The fourth-order valence-electron chi connectivity index (χ4n) is 1.89. The number of rotatable bonds is 7. The summed E-state index contributed by atoms with van der Waals surface area (Å²) in [6.07, 6.45) is 3.22. The van der Waals surface area contributed by atoms with Crippen LogP contribution in [0.25, 0.3) is 0 Å². The minimum Gasteiger partial charge on any atom is -0.492 e. The average molecular weight is 314 g/mol. The van der Waals surface area contributed by atoms with Gasteiger partial charge in [0.25, 0.3) is 0 Å². The molecule has 3 heteroatoms. The Hall–Kier alpha value is -0.540. The predicted molar refractivity (Wildman–Crippen MR) is 81.1 cm³/mol. The number of hydrogen-bond acceptors (Lipinski definition) is 2. The van der Waals surface area contributed by atoms with Crippen LogP contribution in [0.5, 0.6) is 5.75 Å². The highest BCUT2D eigenvalue weighted by molar-refractivity contribution is 9.10. The topological polar surface area (TPSA) is 35.2 Å². The van der Waals surface area contributed by atoms with Gasteiger partial charge in [0, 0.05) is 6.04 Å². The van der Waals surface area contributed by atoms with E-state index in [1.54, 1.807) is 0 Å². The van der Waals surface area contributed by atoms with E-state index < -0.39 is 0 Å². The molecule has 1 aromatic carbocycles. The van der Waals surface area contributed by atoms with Crippen molar-refractivity contribution >= 4 is 15.9 Å². The first kappa shape index (κ1) is 15.5. The van der Waals surface area contributed by atoms with Gasteiger partial charge in [-0.15, -0.1) is 0 Å². The third kappa shape index (κ3) is 4.99. The van der Waals surface area contributed by atoms with Crippen LogP contribution >= 0.6 is 15.9 Å². The molecule has 0 aromatic heterocycles. The maximum atomic E-state index is 5.86. The molecule has 0 fully saturated rings. The number of ether oxygens (including phenoxy) is 1. The van der Waals surface area contributed by atoms with Crippen LogP contribution in [0.3, 0.4) is 0 Å². The molecule has 0 radical (unpaired) electrons. The average Bonchev–Trinajstić information content (AvgIpc) is 2.32. The molecule has 2 N–H and O–H groups in total. The lowest BCUT2D eigenvalue weighted by Gasteiger charge is -2.15. The summed E-state index contributed by atoms with van der Waals surface area (Å²) in [6.45, 7) is 7.22. The van der Waals surface area contributed by atoms with E-state index in [2.05, 4.69) is 41.9 Å². The molecular formula is C15H24BrNO. The van der Waals surface area contributed by atoms with Gasteiger partial charge in [0.2, 0.25) is 0 Å². The largest absolute Gasteiger partial charge is 0.492 e. The first-order chi connectivity index (χ1) is 8.56. The van der Waals surface area contributed by atoms with Crippen LogP contribution in [-0.2, 0) is 6.42 Å². The van der Waals surface area contributed by atoms with Crippen molar-refractivity contribution in [1.29, 1.82) is 0 Å². The Bertz CT molecular complexity index is 362. The highest BCUT2D eigenvalue weighted by Crippen LogP contribution is 2.27. The monoisotopic (exact) mass is 313 g/mol. The molecule has 0 saturated carbocycles. The molecule has 0 bridgehead atoms. The summed E-state index contributed by atoms with van der Waals surface area (Å²) in [6, 6.07) is 6.42. The summed E-state index contributed by atoms with van der Waals surface area (Å²) < 4.78 is 6.88. The first-order valence-corrected chi connectivity index (χ1v) is 7.52. The molecule has 18 heavy (non-hydrogen) atoms. The van der Waals surface area contributed by atoms with Crippen molar-refractivity contribution in [3.63, 3.8) is 0 Å². The second kappa shape index (κ2) is 7.80. The summed E-state index contributed by atoms with van der Waals surface area (Å²) in [5, 5.41) is 0. The minimum atomic E-state index is 0.188. The van der Waals surface area contributed by atoms with Crippen LogP contribution in [0, 0.1) is 5.92 Å². The van der Waals surface area contributed by atoms with Gasteiger partial charge in [0.1, 0.15) is 5.75 Å². The molecule has 1 atom stereocenters. The van der Waals surface area contributed by atoms with Crippen molar-refractivity contribution < 1.29 is 4.74 Å². The second-order valence-electron chi connectivity index (χ2n) is 4.94. The Morgan fingerprint density at radius 2 is 1.94 bits per heavy atom. The first-order valence-electron chi connectivity index (χ1n) is 6.73. The molecule has 0 aliphatic rings. The fourth-order valence-corrected chi connectivity index (χ4v) is 2.43. The zero-order valence-corrected chi connectivity index (χ0v) is 13.2. The molecule has 0 amide bonds. The van der Waals surface area contributed by atoms with E-state index in [1.807, 2.05) is 13.0 Å². The second-order valence-corrected chi connectivity index (χ2v) is 5.79. The fraction of sp³-hybridized carbons (Fsp3) is 0.600. The minimum absolute atomic E-state index is 0.188. The number of halogens is 1. The van der Waals surface area contributed by atoms with E-state index in [1.165, 1.54) is 5.56 Å². The highest BCUT2D eigenvalue weighted by atomic mass is 79.9. The maximum absolute atomic E-state index is 5.86. The van der Waals surface area contributed by atoms with Crippen molar-refractivity contribution in [1.82, 2.24) is 0 Å². The highest BCUT2D eigenvalue weighted by Gasteiger charge is 2.08. The number of hydrogen-bond donors (Lipinski definition) is 1. The smallest absolute Gasteiger partial charge is 0.133 e. The van der Waals surface area contributed by atoms with E-state index in [4.69, 9.17) is 10.5 Å². The Balaban J connectivity index is 2.62. The van der Waals surface area contributed by atoms with Gasteiger partial charge in [0.15, 0.2) is 0 Å². The van der Waals surface area contributed by atoms with Crippen LogP contribution in [0.1, 0.15) is 39.2 Å². The van der Waals surface area contributed by atoms with E-state index in [0.29, 0.717) is 5.92 Å². The van der Waals surface area contributed by atoms with Crippen molar-refractivity contribution in [2.45, 2.75) is 46.1 Å². The summed E-state index contributed by atoms with van der Waals surface area (Å²) in [4.78, 5) is 0. The van der Waals surface area contributed by atoms with E-state index in [0.717, 1.165) is 36.1 Å². The van der Waals surface area contributed by atoms with Gasteiger partial charge in [-0.25, -0.2) is 0 Å². The van der Waals surface area contributed by atoms with Gasteiger partial charge in [0.05, 0.1) is 11.1 Å². The van der Waals surface area contributed by atoms with Crippen molar-refractivity contribution in [2.75, 3.05) is 6.61 Å². The maximum Gasteiger partial charge on any atom is 0.133 e. The normalized spacial score (nSPS) is 12.8. The van der Waals surface area contributed by atoms with Crippen LogP contribution in [0.4, 0.5) is 0 Å². The van der Waals surface area contributed by atoms with E-state index in [-0.39, 0.29) is 6.04 Å². The van der Waals surface area contributed by atoms with Crippen molar-refractivity contribution in [3.8, 4) is 5.75 Å². The van der Waals surface area contributed by atoms with Gasteiger partial charge in [-0.2, -0.15) is 0 Å². The third-order valence-electron chi connectivity index (χ3n) is 3.18. The van der Waals surface area contributed by atoms with Crippen LogP contribution in [-0.4, -0.2) is 12.6 Å². The molecule has 1 aromatic rings. The van der Waals surface area contributed by atoms with Crippen molar-refractivity contribution in [3.05, 3.63) is 28.2 Å². The van der Waals surface area contributed by atoms with Gasteiger partial charge < -0.3 is 10.5 Å². The number of benzene rings is 1. The predicted octanol–water partition coefficient (Wildman–Crippen LogP) is 4.15. The van der Waals surface area contributed by atoms with Crippen molar-refractivity contribution in [2.24, 2.45) is 11.7 Å². The van der Waals surface area contributed by atoms with Gasteiger partial charge in [-0.05, 0) is 52.9 Å². The zero-order valence-electron chi connectivity index (χ0n) is 11.6. The standard InChI is InChI=1S/C15H24BrNO/c1-4-12(5-2)10-18-15-7-6-13(8-11(3)17)9-14(15)16/h6-7,9,11-12H,4-5,8,10,17H2,1-3H3. The Labute approximate surface area is 119 Å².